The summed E-state index contributed by atoms with van der Waals surface area (Å²) in [5.41, 5.74) is 3.32. The van der Waals surface area contributed by atoms with Crippen LogP contribution in [0, 0.1) is 0 Å². The smallest absolute Gasteiger partial charge is 0.329 e. The van der Waals surface area contributed by atoms with Gasteiger partial charge < -0.3 is 15.5 Å². The van der Waals surface area contributed by atoms with E-state index in [2.05, 4.69) is 26.1 Å². The molecule has 1 amide bonds. The molecule has 0 saturated carbocycles. The molecule has 1 aromatic heterocycles. The maximum absolute atomic E-state index is 10.9. The monoisotopic (exact) mass is 329 g/mol. The van der Waals surface area contributed by atoms with E-state index in [0.717, 1.165) is 5.56 Å². The highest BCUT2D eigenvalue weighted by Crippen LogP contribution is 2.20. The summed E-state index contributed by atoms with van der Waals surface area (Å²) in [6.07, 6.45) is 0. The first-order chi connectivity index (χ1) is 11.5. The van der Waals surface area contributed by atoms with Crippen LogP contribution in [0.15, 0.2) is 36.4 Å². The highest BCUT2D eigenvalue weighted by Gasteiger charge is 2.08. The van der Waals surface area contributed by atoms with Crippen molar-refractivity contribution in [2.75, 3.05) is 23.9 Å². The first-order valence-electron chi connectivity index (χ1n) is 7.41. The number of carbonyl (C=O) groups is 2. The third-order valence-electron chi connectivity index (χ3n) is 2.86. The maximum atomic E-state index is 10.9. The summed E-state index contributed by atoms with van der Waals surface area (Å²) < 4.78 is 0. The number of rotatable bonds is 7. The first kappa shape index (κ1) is 17.2. The van der Waals surface area contributed by atoms with E-state index < -0.39 is 5.97 Å². The van der Waals surface area contributed by atoms with Crippen LogP contribution in [0.2, 0.25) is 0 Å². The van der Waals surface area contributed by atoms with Gasteiger partial charge in [-0.3, -0.25) is 9.59 Å². The molecule has 8 heteroatoms. The molecular formula is C16H19N5O3. The number of benzene rings is 1. The molecule has 126 valence electrons. The minimum absolute atomic E-state index is 0.0957. The SMILES string of the molecule is CC(=O)NCCNc1cc(NOC(C)=O)nc(-c2ccccc2)n1. The van der Waals surface area contributed by atoms with E-state index in [1.165, 1.54) is 13.8 Å². The zero-order valence-corrected chi connectivity index (χ0v) is 13.5. The molecule has 0 fully saturated rings. The Morgan fingerprint density at radius 2 is 1.75 bits per heavy atom. The molecule has 0 aliphatic carbocycles. The van der Waals surface area contributed by atoms with Crippen molar-refractivity contribution in [1.82, 2.24) is 15.3 Å². The lowest BCUT2D eigenvalue weighted by molar-refractivity contribution is -0.138. The molecule has 0 atom stereocenters. The van der Waals surface area contributed by atoms with Crippen LogP contribution in [0.5, 0.6) is 0 Å². The molecule has 0 aliphatic heterocycles. The van der Waals surface area contributed by atoms with Gasteiger partial charge in [0.05, 0.1) is 0 Å². The van der Waals surface area contributed by atoms with Gasteiger partial charge >= 0.3 is 5.97 Å². The normalized spacial score (nSPS) is 9.92. The lowest BCUT2D eigenvalue weighted by Gasteiger charge is -2.11. The quantitative estimate of drug-likeness (QED) is 0.523. The number of aromatic nitrogens is 2. The highest BCUT2D eigenvalue weighted by atomic mass is 16.7. The van der Waals surface area contributed by atoms with Gasteiger partial charge in [-0.1, -0.05) is 30.3 Å². The Bertz CT molecular complexity index is 706. The maximum Gasteiger partial charge on any atom is 0.329 e. The number of amides is 1. The second-order valence-corrected chi connectivity index (χ2v) is 4.93. The number of hydrogen-bond donors (Lipinski definition) is 3. The van der Waals surface area contributed by atoms with Crippen LogP contribution < -0.4 is 16.1 Å². The van der Waals surface area contributed by atoms with Crippen molar-refractivity contribution in [3.8, 4) is 11.4 Å². The zero-order valence-electron chi connectivity index (χ0n) is 13.5. The summed E-state index contributed by atoms with van der Waals surface area (Å²) in [6.45, 7) is 3.71. The Morgan fingerprint density at radius 3 is 2.42 bits per heavy atom. The van der Waals surface area contributed by atoms with Crippen LogP contribution in [0.25, 0.3) is 11.4 Å². The Morgan fingerprint density at radius 1 is 1.04 bits per heavy atom. The van der Waals surface area contributed by atoms with Crippen LogP contribution in [-0.2, 0) is 14.4 Å². The molecule has 0 radical (unpaired) electrons. The topological polar surface area (TPSA) is 105 Å². The van der Waals surface area contributed by atoms with E-state index in [4.69, 9.17) is 4.84 Å². The Kier molecular flexibility index (Phi) is 6.07. The van der Waals surface area contributed by atoms with E-state index in [1.54, 1.807) is 6.07 Å². The largest absolute Gasteiger partial charge is 0.368 e. The van der Waals surface area contributed by atoms with Gasteiger partial charge in [-0.2, -0.15) is 0 Å². The van der Waals surface area contributed by atoms with E-state index in [-0.39, 0.29) is 5.91 Å². The van der Waals surface area contributed by atoms with Gasteiger partial charge in [0.1, 0.15) is 5.82 Å². The highest BCUT2D eigenvalue weighted by molar-refractivity contribution is 5.72. The molecule has 0 spiro atoms. The molecular weight excluding hydrogens is 310 g/mol. The number of anilines is 2. The number of hydrogen-bond acceptors (Lipinski definition) is 7. The lowest BCUT2D eigenvalue weighted by Crippen LogP contribution is -2.26. The van der Waals surface area contributed by atoms with Crippen molar-refractivity contribution in [2.45, 2.75) is 13.8 Å². The summed E-state index contributed by atoms with van der Waals surface area (Å²) in [5.74, 6) is 0.802. The summed E-state index contributed by atoms with van der Waals surface area (Å²) in [4.78, 5) is 35.3. The molecule has 0 saturated heterocycles. The van der Waals surface area contributed by atoms with E-state index >= 15 is 0 Å². The second kappa shape index (κ2) is 8.47. The average Bonchev–Trinajstić information content (AvgIpc) is 2.57. The van der Waals surface area contributed by atoms with Crippen molar-refractivity contribution in [3.05, 3.63) is 36.4 Å². The van der Waals surface area contributed by atoms with E-state index in [1.807, 2.05) is 30.3 Å². The van der Waals surface area contributed by atoms with Gasteiger partial charge in [-0.05, 0) is 0 Å². The summed E-state index contributed by atoms with van der Waals surface area (Å²) in [7, 11) is 0. The molecule has 1 aromatic carbocycles. The van der Waals surface area contributed by atoms with Gasteiger partial charge in [0.2, 0.25) is 5.91 Å². The van der Waals surface area contributed by atoms with Crippen LogP contribution in [-0.4, -0.2) is 34.9 Å². The van der Waals surface area contributed by atoms with Crippen LogP contribution >= 0.6 is 0 Å². The Hall–Kier alpha value is -3.16. The van der Waals surface area contributed by atoms with E-state index in [0.29, 0.717) is 30.5 Å². The molecule has 2 rings (SSSR count). The lowest BCUT2D eigenvalue weighted by atomic mass is 10.2. The molecule has 3 N–H and O–H groups in total. The van der Waals surface area contributed by atoms with Crippen LogP contribution in [0.1, 0.15) is 13.8 Å². The molecule has 0 aliphatic rings. The van der Waals surface area contributed by atoms with Crippen molar-refractivity contribution in [1.29, 1.82) is 0 Å². The number of nitrogens with one attached hydrogen (secondary N) is 3. The standard InChI is InChI=1S/C16H19N5O3/c1-11(22)17-8-9-18-14-10-15(21-24-12(2)23)20-16(19-14)13-6-4-3-5-7-13/h3-7,10H,8-9H2,1-2H3,(H,17,22)(H2,18,19,20,21). The summed E-state index contributed by atoms with van der Waals surface area (Å²) in [5, 5.41) is 5.78. The van der Waals surface area contributed by atoms with Crippen LogP contribution in [0.4, 0.5) is 11.6 Å². The fraction of sp³-hybridized carbons (Fsp3) is 0.250. The number of carbonyl (C=O) groups excluding carboxylic acids is 2. The molecule has 1 heterocycles. The van der Waals surface area contributed by atoms with Crippen molar-refractivity contribution in [3.63, 3.8) is 0 Å². The van der Waals surface area contributed by atoms with Gasteiger partial charge in [0.25, 0.3) is 0 Å². The second-order valence-electron chi connectivity index (χ2n) is 4.93. The number of nitrogens with zero attached hydrogens (tertiary/aromatic N) is 2. The van der Waals surface area contributed by atoms with Crippen LogP contribution in [0.3, 0.4) is 0 Å². The molecule has 0 bridgehead atoms. The minimum Gasteiger partial charge on any atom is -0.368 e. The van der Waals surface area contributed by atoms with E-state index in [9.17, 15) is 9.59 Å². The third-order valence-corrected chi connectivity index (χ3v) is 2.86. The molecule has 24 heavy (non-hydrogen) atoms. The molecule has 0 unspecified atom stereocenters. The Balaban J connectivity index is 2.16. The van der Waals surface area contributed by atoms with Gasteiger partial charge in [0.15, 0.2) is 11.6 Å². The van der Waals surface area contributed by atoms with Crippen molar-refractivity contribution in [2.24, 2.45) is 0 Å². The fourth-order valence-electron chi connectivity index (χ4n) is 1.86. The van der Waals surface area contributed by atoms with Gasteiger partial charge in [-0.15, -0.1) is 0 Å². The average molecular weight is 329 g/mol. The molecule has 8 nitrogen and oxygen atoms in total. The third kappa shape index (κ3) is 5.56. The Labute approximate surface area is 139 Å². The molecule has 2 aromatic rings. The predicted molar refractivity (Wildman–Crippen MR) is 90.0 cm³/mol. The van der Waals surface area contributed by atoms with Crippen molar-refractivity contribution >= 4 is 23.5 Å². The zero-order chi connectivity index (χ0) is 17.4. The van der Waals surface area contributed by atoms with Gasteiger partial charge in [-0.25, -0.2) is 15.4 Å². The van der Waals surface area contributed by atoms with Gasteiger partial charge in [0, 0.05) is 38.6 Å². The minimum atomic E-state index is -0.477. The predicted octanol–water partition coefficient (Wildman–Crippen LogP) is 1.58. The summed E-state index contributed by atoms with van der Waals surface area (Å²) in [6, 6.07) is 11.0. The van der Waals surface area contributed by atoms with Crippen molar-refractivity contribution < 1.29 is 14.4 Å². The summed E-state index contributed by atoms with van der Waals surface area (Å²) >= 11 is 0. The first-order valence-corrected chi connectivity index (χ1v) is 7.41. The fourth-order valence-corrected chi connectivity index (χ4v) is 1.86.